The average Bonchev–Trinajstić information content (AvgIpc) is 2.35. The molecule has 0 radical (unpaired) electrons. The third kappa shape index (κ3) is 2.82. The van der Waals surface area contributed by atoms with Crippen LogP contribution in [0.25, 0.3) is 0 Å². The number of carbonyl (C=O) groups excluding carboxylic acids is 1. The predicted octanol–water partition coefficient (Wildman–Crippen LogP) is 1.45. The van der Waals surface area contributed by atoms with E-state index in [-0.39, 0.29) is 18.1 Å². The largest absolute Gasteiger partial charge is 0.398 e. The van der Waals surface area contributed by atoms with Crippen LogP contribution >= 0.6 is 0 Å². The molecule has 98 valence electrons. The van der Waals surface area contributed by atoms with Crippen molar-refractivity contribution in [3.05, 3.63) is 29.8 Å². The minimum Gasteiger partial charge on any atom is -0.398 e. The molecule has 1 amide bonds. The predicted molar refractivity (Wildman–Crippen MR) is 71.1 cm³/mol. The van der Waals surface area contributed by atoms with Crippen LogP contribution in [0.5, 0.6) is 0 Å². The second kappa shape index (κ2) is 5.40. The third-order valence-corrected chi connectivity index (χ3v) is 3.32. The van der Waals surface area contributed by atoms with E-state index in [0.717, 1.165) is 5.56 Å². The molecule has 2 atom stereocenters. The van der Waals surface area contributed by atoms with Crippen LogP contribution in [0.1, 0.15) is 19.4 Å². The molecule has 2 N–H and O–H groups in total. The number of nitrogens with two attached hydrogens (primary N) is 1. The van der Waals surface area contributed by atoms with Crippen molar-refractivity contribution in [2.75, 3.05) is 18.9 Å². The number of hydrogen-bond donors (Lipinski definition) is 1. The number of ether oxygens (including phenoxy) is 1. The van der Waals surface area contributed by atoms with Gasteiger partial charge in [-0.05, 0) is 25.5 Å². The van der Waals surface area contributed by atoms with Gasteiger partial charge in [0.05, 0.1) is 25.2 Å². The molecule has 0 bridgehead atoms. The smallest absolute Gasteiger partial charge is 0.227 e. The fourth-order valence-corrected chi connectivity index (χ4v) is 2.21. The fourth-order valence-electron chi connectivity index (χ4n) is 2.21. The number of benzene rings is 1. The van der Waals surface area contributed by atoms with E-state index >= 15 is 0 Å². The van der Waals surface area contributed by atoms with Gasteiger partial charge >= 0.3 is 0 Å². The Hall–Kier alpha value is -1.55. The minimum absolute atomic E-state index is 0.110. The lowest BCUT2D eigenvalue weighted by atomic mass is 10.1. The Morgan fingerprint density at radius 1 is 1.44 bits per heavy atom. The van der Waals surface area contributed by atoms with E-state index in [1.165, 1.54) is 0 Å². The van der Waals surface area contributed by atoms with E-state index in [2.05, 4.69) is 0 Å². The monoisotopic (exact) mass is 248 g/mol. The van der Waals surface area contributed by atoms with Crippen LogP contribution in [-0.4, -0.2) is 36.1 Å². The summed E-state index contributed by atoms with van der Waals surface area (Å²) >= 11 is 0. The van der Waals surface area contributed by atoms with E-state index in [0.29, 0.717) is 25.3 Å². The second-order valence-electron chi connectivity index (χ2n) is 4.91. The van der Waals surface area contributed by atoms with Gasteiger partial charge in [0.1, 0.15) is 0 Å². The van der Waals surface area contributed by atoms with Crippen LogP contribution in [0.15, 0.2) is 24.3 Å². The third-order valence-electron chi connectivity index (χ3n) is 3.32. The topological polar surface area (TPSA) is 55.6 Å². The number of anilines is 1. The van der Waals surface area contributed by atoms with Crippen molar-refractivity contribution < 1.29 is 9.53 Å². The lowest BCUT2D eigenvalue weighted by molar-refractivity contribution is -0.142. The number of nitrogens with zero attached hydrogens (tertiary/aromatic N) is 1. The molecule has 1 aromatic rings. The van der Waals surface area contributed by atoms with Gasteiger partial charge in [-0.25, -0.2) is 0 Å². The van der Waals surface area contributed by atoms with Crippen LogP contribution in [0.2, 0.25) is 0 Å². The first-order chi connectivity index (χ1) is 8.58. The molecule has 1 aliphatic rings. The Morgan fingerprint density at radius 2 is 2.17 bits per heavy atom. The summed E-state index contributed by atoms with van der Waals surface area (Å²) in [6, 6.07) is 7.65. The van der Waals surface area contributed by atoms with Crippen molar-refractivity contribution in [2.45, 2.75) is 32.4 Å². The van der Waals surface area contributed by atoms with Gasteiger partial charge in [0.2, 0.25) is 5.91 Å². The highest BCUT2D eigenvalue weighted by Gasteiger charge is 2.27. The quantitative estimate of drug-likeness (QED) is 0.806. The van der Waals surface area contributed by atoms with Gasteiger partial charge < -0.3 is 15.4 Å². The lowest BCUT2D eigenvalue weighted by Crippen LogP contribution is -2.50. The second-order valence-corrected chi connectivity index (χ2v) is 4.91. The van der Waals surface area contributed by atoms with Gasteiger partial charge in [-0.15, -0.1) is 0 Å². The SMILES string of the molecule is CC1CN(C(=O)Cc2ccccc2N)C(C)CO1. The number of amides is 1. The highest BCUT2D eigenvalue weighted by molar-refractivity contribution is 5.80. The van der Waals surface area contributed by atoms with Crippen molar-refractivity contribution >= 4 is 11.6 Å². The average molecular weight is 248 g/mol. The molecule has 18 heavy (non-hydrogen) atoms. The summed E-state index contributed by atoms with van der Waals surface area (Å²) in [7, 11) is 0. The first-order valence-electron chi connectivity index (χ1n) is 6.32. The summed E-state index contributed by atoms with van der Waals surface area (Å²) in [5.74, 6) is 0.121. The van der Waals surface area contributed by atoms with Gasteiger partial charge in [-0.3, -0.25) is 4.79 Å². The lowest BCUT2D eigenvalue weighted by Gasteiger charge is -2.37. The highest BCUT2D eigenvalue weighted by atomic mass is 16.5. The summed E-state index contributed by atoms with van der Waals surface area (Å²) in [5.41, 5.74) is 7.44. The van der Waals surface area contributed by atoms with Gasteiger partial charge in [0.25, 0.3) is 0 Å². The van der Waals surface area contributed by atoms with Gasteiger partial charge in [-0.2, -0.15) is 0 Å². The van der Waals surface area contributed by atoms with Crippen LogP contribution in [0.4, 0.5) is 5.69 Å². The molecule has 1 saturated heterocycles. The zero-order valence-electron chi connectivity index (χ0n) is 10.9. The maximum Gasteiger partial charge on any atom is 0.227 e. The van der Waals surface area contributed by atoms with Crippen molar-refractivity contribution in [1.82, 2.24) is 4.90 Å². The summed E-state index contributed by atoms with van der Waals surface area (Å²) in [6.45, 7) is 5.27. The van der Waals surface area contributed by atoms with Crippen LogP contribution < -0.4 is 5.73 Å². The number of rotatable bonds is 2. The number of morpholine rings is 1. The van der Waals surface area contributed by atoms with Crippen molar-refractivity contribution in [2.24, 2.45) is 0 Å². The first-order valence-corrected chi connectivity index (χ1v) is 6.32. The maximum absolute atomic E-state index is 12.3. The van der Waals surface area contributed by atoms with Crippen LogP contribution in [0, 0.1) is 0 Å². The molecule has 4 heteroatoms. The van der Waals surface area contributed by atoms with Gasteiger partial charge in [0, 0.05) is 12.2 Å². The summed E-state index contributed by atoms with van der Waals surface area (Å²) in [6.07, 6.45) is 0.474. The molecule has 4 nitrogen and oxygen atoms in total. The molecular formula is C14H20N2O2. The molecule has 1 aromatic carbocycles. The molecule has 0 saturated carbocycles. The Labute approximate surface area is 108 Å². The van der Waals surface area contributed by atoms with E-state index in [9.17, 15) is 4.79 Å². The Balaban J connectivity index is 2.05. The molecule has 0 aliphatic carbocycles. The van der Waals surface area contributed by atoms with E-state index in [4.69, 9.17) is 10.5 Å². The standard InChI is InChI=1S/C14H20N2O2/c1-10-9-18-11(2)8-16(10)14(17)7-12-5-3-4-6-13(12)15/h3-6,10-11H,7-9,15H2,1-2H3. The molecular weight excluding hydrogens is 228 g/mol. The zero-order chi connectivity index (χ0) is 13.1. The molecule has 2 rings (SSSR count). The highest BCUT2D eigenvalue weighted by Crippen LogP contribution is 2.16. The van der Waals surface area contributed by atoms with Crippen molar-refractivity contribution in [3.8, 4) is 0 Å². The Morgan fingerprint density at radius 3 is 2.89 bits per heavy atom. The normalized spacial score (nSPS) is 24.0. The van der Waals surface area contributed by atoms with E-state index < -0.39 is 0 Å². The fraction of sp³-hybridized carbons (Fsp3) is 0.500. The van der Waals surface area contributed by atoms with E-state index in [1.807, 2.05) is 43.0 Å². The van der Waals surface area contributed by atoms with Crippen molar-refractivity contribution in [3.63, 3.8) is 0 Å². The molecule has 1 heterocycles. The maximum atomic E-state index is 12.3. The van der Waals surface area contributed by atoms with Gasteiger partial charge in [-0.1, -0.05) is 18.2 Å². The van der Waals surface area contributed by atoms with Gasteiger partial charge in [0.15, 0.2) is 0 Å². The Kier molecular flexibility index (Phi) is 3.87. The molecule has 0 spiro atoms. The summed E-state index contributed by atoms with van der Waals surface area (Å²) in [5, 5.41) is 0. The van der Waals surface area contributed by atoms with Crippen molar-refractivity contribution in [1.29, 1.82) is 0 Å². The van der Waals surface area contributed by atoms with Crippen LogP contribution in [0.3, 0.4) is 0 Å². The summed E-state index contributed by atoms with van der Waals surface area (Å²) < 4.78 is 5.53. The van der Waals surface area contributed by atoms with E-state index in [1.54, 1.807) is 0 Å². The zero-order valence-corrected chi connectivity index (χ0v) is 10.9. The Bertz CT molecular complexity index is 434. The first kappa shape index (κ1) is 12.9. The number of hydrogen-bond acceptors (Lipinski definition) is 3. The molecule has 1 aliphatic heterocycles. The number of carbonyl (C=O) groups is 1. The molecule has 0 aromatic heterocycles. The minimum atomic E-state index is 0.110. The molecule has 2 unspecified atom stereocenters. The molecule has 1 fully saturated rings. The number of para-hydroxylation sites is 1. The van der Waals surface area contributed by atoms with Crippen LogP contribution in [-0.2, 0) is 16.0 Å². The number of nitrogen functional groups attached to an aromatic ring is 1. The summed E-state index contributed by atoms with van der Waals surface area (Å²) in [4.78, 5) is 14.2.